The van der Waals surface area contributed by atoms with Crippen molar-refractivity contribution in [1.29, 1.82) is 0 Å². The van der Waals surface area contributed by atoms with Gasteiger partial charge in [0.2, 0.25) is 10.0 Å². The molecule has 0 aliphatic carbocycles. The van der Waals surface area contributed by atoms with Gasteiger partial charge in [0.1, 0.15) is 0 Å². The molecule has 1 aromatic carbocycles. The number of carbonyl (C=O) groups excluding carboxylic acids is 1. The second kappa shape index (κ2) is 11.0. The van der Waals surface area contributed by atoms with Gasteiger partial charge in [0.25, 0.3) is 5.91 Å². The van der Waals surface area contributed by atoms with E-state index in [1.807, 2.05) is 13.8 Å². The van der Waals surface area contributed by atoms with Crippen molar-refractivity contribution < 1.29 is 17.9 Å². The van der Waals surface area contributed by atoms with E-state index in [0.29, 0.717) is 38.4 Å². The molecular weight excluding hydrogens is 404 g/mol. The molecule has 2 N–H and O–H groups in total. The molecule has 10 heteroatoms. The lowest BCUT2D eigenvalue weighted by Gasteiger charge is -2.30. The number of nitrogens with zero attached hydrogens (tertiary/aromatic N) is 2. The van der Waals surface area contributed by atoms with Crippen LogP contribution in [0.25, 0.3) is 0 Å². The van der Waals surface area contributed by atoms with Crippen molar-refractivity contribution in [1.82, 2.24) is 14.9 Å². The highest BCUT2D eigenvalue weighted by Crippen LogP contribution is 2.26. The molecule has 2 rings (SSSR count). The molecule has 1 atom stereocenters. The van der Waals surface area contributed by atoms with Crippen LogP contribution in [0.5, 0.6) is 0 Å². The zero-order chi connectivity index (χ0) is 20.0. The monoisotopic (exact) mass is 434 g/mol. The smallest absolute Gasteiger partial charge is 0.253 e. The van der Waals surface area contributed by atoms with E-state index >= 15 is 0 Å². The number of likely N-dealkylation sites (N-methyl/N-ethyl adjacent to an activating group) is 1. The van der Waals surface area contributed by atoms with Crippen LogP contribution in [0.3, 0.4) is 0 Å². The summed E-state index contributed by atoms with van der Waals surface area (Å²) in [6, 6.07) is 4.86. The normalized spacial score (nSPS) is 15.8. The molecule has 1 fully saturated rings. The van der Waals surface area contributed by atoms with Crippen molar-refractivity contribution in [3.63, 3.8) is 0 Å². The summed E-state index contributed by atoms with van der Waals surface area (Å²) in [4.78, 5) is 15.0. The predicted octanol–water partition coefficient (Wildman–Crippen LogP) is 0.923. The van der Waals surface area contributed by atoms with E-state index in [1.54, 1.807) is 12.1 Å². The fourth-order valence-corrected chi connectivity index (χ4v) is 3.84. The number of nitrogens with one attached hydrogen (secondary N) is 2. The zero-order valence-corrected chi connectivity index (χ0v) is 18.5. The Balaban J connectivity index is 0.00000392. The van der Waals surface area contributed by atoms with Gasteiger partial charge in [0, 0.05) is 45.5 Å². The van der Waals surface area contributed by atoms with E-state index in [2.05, 4.69) is 15.5 Å². The first-order chi connectivity index (χ1) is 12.8. The maximum Gasteiger partial charge on any atom is 0.253 e. The number of hydrogen-bond acceptors (Lipinski definition) is 6. The number of carbonyl (C=O) groups is 1. The number of halogens is 1. The molecule has 1 aliphatic rings. The zero-order valence-electron chi connectivity index (χ0n) is 16.9. The third-order valence-corrected chi connectivity index (χ3v) is 6.28. The number of amides is 1. The van der Waals surface area contributed by atoms with Crippen LogP contribution in [0.15, 0.2) is 23.1 Å². The highest BCUT2D eigenvalue weighted by molar-refractivity contribution is 7.89. The van der Waals surface area contributed by atoms with Crippen LogP contribution < -0.4 is 15.5 Å². The quantitative estimate of drug-likeness (QED) is 0.632. The SMILES string of the molecule is CCN[C@H](C)CNC(=O)c1cc(S(=O)(=O)N(C)C)ccc1N1CCOCC1.Cl. The number of morpholine rings is 1. The molecule has 0 radical (unpaired) electrons. The Bertz CT molecular complexity index is 752. The average Bonchev–Trinajstić information content (AvgIpc) is 2.66. The number of hydrogen-bond donors (Lipinski definition) is 2. The number of ether oxygens (including phenoxy) is 1. The molecule has 8 nitrogen and oxygen atoms in total. The van der Waals surface area contributed by atoms with Crippen molar-refractivity contribution in [3.05, 3.63) is 23.8 Å². The van der Waals surface area contributed by atoms with E-state index < -0.39 is 10.0 Å². The maximum absolute atomic E-state index is 12.9. The molecule has 0 unspecified atom stereocenters. The van der Waals surface area contributed by atoms with Gasteiger partial charge in [-0.2, -0.15) is 0 Å². The third-order valence-electron chi connectivity index (χ3n) is 4.46. The third kappa shape index (κ3) is 6.05. The summed E-state index contributed by atoms with van der Waals surface area (Å²) in [6.07, 6.45) is 0. The first-order valence-corrected chi connectivity index (χ1v) is 10.6. The molecule has 0 spiro atoms. The van der Waals surface area contributed by atoms with E-state index in [0.717, 1.165) is 16.5 Å². The van der Waals surface area contributed by atoms with Crippen molar-refractivity contribution in [3.8, 4) is 0 Å². The van der Waals surface area contributed by atoms with Crippen LogP contribution in [-0.4, -0.2) is 78.2 Å². The summed E-state index contributed by atoms with van der Waals surface area (Å²) >= 11 is 0. The van der Waals surface area contributed by atoms with E-state index in [4.69, 9.17) is 4.74 Å². The van der Waals surface area contributed by atoms with Crippen LogP contribution in [-0.2, 0) is 14.8 Å². The molecule has 1 saturated heterocycles. The molecule has 1 aromatic rings. The van der Waals surface area contributed by atoms with Gasteiger partial charge < -0.3 is 20.3 Å². The highest BCUT2D eigenvalue weighted by Gasteiger charge is 2.24. The van der Waals surface area contributed by atoms with Crippen LogP contribution in [0.2, 0.25) is 0 Å². The minimum Gasteiger partial charge on any atom is -0.378 e. The maximum atomic E-state index is 12.9. The Hall–Kier alpha value is -1.39. The van der Waals surface area contributed by atoms with Crippen LogP contribution in [0, 0.1) is 0 Å². The average molecular weight is 435 g/mol. The summed E-state index contributed by atoms with van der Waals surface area (Å²) in [5.41, 5.74) is 1.09. The fourth-order valence-electron chi connectivity index (χ4n) is 2.91. The Kier molecular flexibility index (Phi) is 9.65. The van der Waals surface area contributed by atoms with E-state index in [1.165, 1.54) is 20.2 Å². The Labute approximate surface area is 174 Å². The lowest BCUT2D eigenvalue weighted by molar-refractivity contribution is 0.0948. The summed E-state index contributed by atoms with van der Waals surface area (Å²) in [6.45, 7) is 7.74. The van der Waals surface area contributed by atoms with Crippen LogP contribution in [0.4, 0.5) is 5.69 Å². The second-order valence-electron chi connectivity index (χ2n) is 6.73. The summed E-state index contributed by atoms with van der Waals surface area (Å²) < 4.78 is 31.5. The Morgan fingerprint density at radius 3 is 2.50 bits per heavy atom. The molecule has 0 aromatic heterocycles. The molecule has 28 heavy (non-hydrogen) atoms. The molecule has 0 bridgehead atoms. The van der Waals surface area contributed by atoms with Gasteiger partial charge in [-0.1, -0.05) is 6.92 Å². The van der Waals surface area contributed by atoms with Gasteiger partial charge in [-0.3, -0.25) is 4.79 Å². The van der Waals surface area contributed by atoms with Crippen molar-refractivity contribution in [2.24, 2.45) is 0 Å². The molecule has 1 aliphatic heterocycles. The molecular formula is C18H31ClN4O4S. The van der Waals surface area contributed by atoms with Crippen LogP contribution in [0.1, 0.15) is 24.2 Å². The molecule has 1 amide bonds. The van der Waals surface area contributed by atoms with Crippen molar-refractivity contribution in [2.45, 2.75) is 24.8 Å². The Morgan fingerprint density at radius 2 is 1.93 bits per heavy atom. The molecule has 1 heterocycles. The minimum absolute atomic E-state index is 0. The summed E-state index contributed by atoms with van der Waals surface area (Å²) in [7, 11) is -0.672. The fraction of sp³-hybridized carbons (Fsp3) is 0.611. The van der Waals surface area contributed by atoms with Crippen molar-refractivity contribution in [2.75, 3.05) is 58.4 Å². The van der Waals surface area contributed by atoms with E-state index in [9.17, 15) is 13.2 Å². The Morgan fingerprint density at radius 1 is 1.29 bits per heavy atom. The molecule has 0 saturated carbocycles. The number of sulfonamides is 1. The summed E-state index contributed by atoms with van der Waals surface area (Å²) in [5.74, 6) is -0.281. The van der Waals surface area contributed by atoms with Gasteiger partial charge in [-0.15, -0.1) is 12.4 Å². The molecule has 160 valence electrons. The lowest BCUT2D eigenvalue weighted by atomic mass is 10.1. The van der Waals surface area contributed by atoms with Crippen molar-refractivity contribution >= 4 is 34.0 Å². The number of benzene rings is 1. The first-order valence-electron chi connectivity index (χ1n) is 9.18. The van der Waals surface area contributed by atoms with Gasteiger partial charge in [-0.05, 0) is 31.7 Å². The largest absolute Gasteiger partial charge is 0.378 e. The number of rotatable bonds is 8. The van der Waals surface area contributed by atoms with Gasteiger partial charge in [0.15, 0.2) is 0 Å². The van der Waals surface area contributed by atoms with Gasteiger partial charge in [-0.25, -0.2) is 12.7 Å². The standard InChI is InChI=1S/C18H30N4O4S.ClH/c1-5-19-14(2)13-20-18(23)16-12-15(27(24,25)21(3)4)6-7-17(16)22-8-10-26-11-9-22;/h6-7,12,14,19H,5,8-11,13H2,1-4H3,(H,20,23);1H/t14-;/m1./s1. The van der Waals surface area contributed by atoms with Gasteiger partial charge in [0.05, 0.1) is 23.7 Å². The minimum atomic E-state index is -3.62. The predicted molar refractivity (Wildman–Crippen MR) is 113 cm³/mol. The summed E-state index contributed by atoms with van der Waals surface area (Å²) in [5, 5.41) is 6.14. The highest BCUT2D eigenvalue weighted by atomic mass is 35.5. The van der Waals surface area contributed by atoms with E-state index in [-0.39, 0.29) is 29.3 Å². The lowest BCUT2D eigenvalue weighted by Crippen LogP contribution is -2.41. The second-order valence-corrected chi connectivity index (χ2v) is 8.89. The topological polar surface area (TPSA) is 91.0 Å². The van der Waals surface area contributed by atoms with Gasteiger partial charge >= 0.3 is 0 Å². The van der Waals surface area contributed by atoms with Crippen LogP contribution >= 0.6 is 12.4 Å². The first kappa shape index (κ1) is 24.6. The number of anilines is 1.